The lowest BCUT2D eigenvalue weighted by Gasteiger charge is -2.31. The summed E-state index contributed by atoms with van der Waals surface area (Å²) in [5, 5.41) is 16.6. The van der Waals surface area contributed by atoms with Gasteiger partial charge in [-0.3, -0.25) is 14.9 Å². The van der Waals surface area contributed by atoms with Gasteiger partial charge >= 0.3 is 0 Å². The Morgan fingerprint density at radius 2 is 2.00 bits per heavy atom. The number of nitro benzene ring substituents is 1. The normalized spacial score (nSPS) is 12.9. The Labute approximate surface area is 142 Å². The minimum Gasteiger partial charge on any atom is -0.371 e. The largest absolute Gasteiger partial charge is 0.371 e. The molecule has 0 radical (unpaired) electrons. The van der Waals surface area contributed by atoms with Gasteiger partial charge in [-0.1, -0.05) is 26.0 Å². The summed E-state index contributed by atoms with van der Waals surface area (Å²) in [4.78, 5) is 22.5. The SMILES string of the molecule is CC(C)CC(C)(CN)NC(=O)CNc1ccccc1[N+](=O)[O-].Cl. The number of hydrogen-bond donors (Lipinski definition) is 3. The van der Waals surface area contributed by atoms with Gasteiger partial charge < -0.3 is 16.4 Å². The van der Waals surface area contributed by atoms with Crippen LogP contribution < -0.4 is 16.4 Å². The molecule has 4 N–H and O–H groups in total. The predicted molar refractivity (Wildman–Crippen MR) is 93.9 cm³/mol. The molecule has 1 aromatic rings. The molecule has 0 heterocycles. The molecule has 0 saturated carbocycles. The number of para-hydroxylation sites is 2. The standard InChI is InChI=1S/C15H24N4O3.ClH/c1-11(2)8-15(3,10-16)18-14(20)9-17-12-6-4-5-7-13(12)19(21)22;/h4-7,11,17H,8-10,16H2,1-3H3,(H,18,20);1H. The van der Waals surface area contributed by atoms with Gasteiger partial charge in [0.1, 0.15) is 5.69 Å². The van der Waals surface area contributed by atoms with Gasteiger partial charge in [-0.2, -0.15) is 0 Å². The fraction of sp³-hybridized carbons (Fsp3) is 0.533. The molecule has 1 aromatic carbocycles. The third-order valence-corrected chi connectivity index (χ3v) is 3.29. The van der Waals surface area contributed by atoms with Crippen molar-refractivity contribution in [2.24, 2.45) is 11.7 Å². The van der Waals surface area contributed by atoms with Crippen LogP contribution >= 0.6 is 12.4 Å². The first kappa shape index (κ1) is 21.1. The molecule has 130 valence electrons. The average Bonchev–Trinajstić information content (AvgIpc) is 2.44. The summed E-state index contributed by atoms with van der Waals surface area (Å²) in [6, 6.07) is 6.22. The van der Waals surface area contributed by atoms with E-state index in [2.05, 4.69) is 24.5 Å². The van der Waals surface area contributed by atoms with Crippen molar-refractivity contribution in [3.8, 4) is 0 Å². The molecule has 7 nitrogen and oxygen atoms in total. The number of hydrogen-bond acceptors (Lipinski definition) is 5. The summed E-state index contributed by atoms with van der Waals surface area (Å²) in [6.07, 6.45) is 0.765. The molecule has 0 bridgehead atoms. The lowest BCUT2D eigenvalue weighted by Crippen LogP contribution is -2.53. The fourth-order valence-electron chi connectivity index (χ4n) is 2.43. The maximum absolute atomic E-state index is 12.1. The number of halogens is 1. The van der Waals surface area contributed by atoms with Gasteiger partial charge in [0.2, 0.25) is 5.91 Å². The molecule has 8 heteroatoms. The molecule has 0 fully saturated rings. The maximum atomic E-state index is 12.1. The highest BCUT2D eigenvalue weighted by Gasteiger charge is 2.25. The van der Waals surface area contributed by atoms with Gasteiger partial charge in [0.05, 0.1) is 11.5 Å². The Morgan fingerprint density at radius 3 is 2.52 bits per heavy atom. The first-order valence-electron chi connectivity index (χ1n) is 7.26. The van der Waals surface area contributed by atoms with Gasteiger partial charge in [-0.05, 0) is 25.3 Å². The van der Waals surface area contributed by atoms with Crippen LogP contribution in [0.1, 0.15) is 27.2 Å². The third kappa shape index (κ3) is 6.83. The van der Waals surface area contributed by atoms with Gasteiger partial charge in [0.25, 0.3) is 5.69 Å². The Hall–Kier alpha value is -1.86. The van der Waals surface area contributed by atoms with Crippen molar-refractivity contribution >= 4 is 29.7 Å². The second-order valence-corrected chi connectivity index (χ2v) is 6.04. The van der Waals surface area contributed by atoms with Crippen molar-refractivity contribution in [2.75, 3.05) is 18.4 Å². The zero-order valence-corrected chi connectivity index (χ0v) is 14.5. The van der Waals surface area contributed by atoms with Crippen LogP contribution in [0.5, 0.6) is 0 Å². The van der Waals surface area contributed by atoms with E-state index >= 15 is 0 Å². The first-order chi connectivity index (χ1) is 10.3. The van der Waals surface area contributed by atoms with Crippen LogP contribution in [-0.4, -0.2) is 29.5 Å². The Bertz CT molecular complexity index is 539. The number of rotatable bonds is 8. The Morgan fingerprint density at radius 1 is 1.39 bits per heavy atom. The van der Waals surface area contributed by atoms with Gasteiger partial charge in [-0.15, -0.1) is 12.4 Å². The highest BCUT2D eigenvalue weighted by molar-refractivity contribution is 5.85. The van der Waals surface area contributed by atoms with E-state index in [1.165, 1.54) is 6.07 Å². The second kappa shape index (κ2) is 9.32. The molecule has 1 amide bonds. The van der Waals surface area contributed by atoms with Crippen molar-refractivity contribution < 1.29 is 9.72 Å². The molecule has 1 unspecified atom stereocenters. The molecule has 0 aliphatic rings. The van der Waals surface area contributed by atoms with Gasteiger partial charge in [0, 0.05) is 18.2 Å². The van der Waals surface area contributed by atoms with E-state index < -0.39 is 10.5 Å². The summed E-state index contributed by atoms with van der Waals surface area (Å²) in [6.45, 7) is 6.31. The van der Waals surface area contributed by atoms with E-state index in [0.29, 0.717) is 18.2 Å². The van der Waals surface area contributed by atoms with Gasteiger partial charge in [0.15, 0.2) is 0 Å². The quantitative estimate of drug-likeness (QED) is 0.495. The number of nitrogens with zero attached hydrogens (tertiary/aromatic N) is 1. The summed E-state index contributed by atoms with van der Waals surface area (Å²) in [5.41, 5.74) is 5.54. The predicted octanol–water partition coefficient (Wildman–Crippen LogP) is 2.31. The third-order valence-electron chi connectivity index (χ3n) is 3.29. The highest BCUT2D eigenvalue weighted by atomic mass is 35.5. The molecule has 23 heavy (non-hydrogen) atoms. The first-order valence-corrected chi connectivity index (χ1v) is 7.26. The van der Waals surface area contributed by atoms with E-state index in [0.717, 1.165) is 6.42 Å². The van der Waals surface area contributed by atoms with E-state index in [-0.39, 0.29) is 30.5 Å². The van der Waals surface area contributed by atoms with E-state index in [9.17, 15) is 14.9 Å². The number of anilines is 1. The number of carbonyl (C=O) groups excluding carboxylic acids is 1. The Kier molecular flexibility index (Phi) is 8.56. The fourth-order valence-corrected chi connectivity index (χ4v) is 2.43. The molecule has 0 aliphatic heterocycles. The van der Waals surface area contributed by atoms with Crippen LogP contribution in [-0.2, 0) is 4.79 Å². The van der Waals surface area contributed by atoms with Crippen LogP contribution in [0.15, 0.2) is 24.3 Å². The van der Waals surface area contributed by atoms with Crippen molar-refractivity contribution in [3.05, 3.63) is 34.4 Å². The van der Waals surface area contributed by atoms with Crippen LogP contribution in [0, 0.1) is 16.0 Å². The zero-order chi connectivity index (χ0) is 16.8. The minimum absolute atomic E-state index is 0. The van der Waals surface area contributed by atoms with Crippen LogP contribution in [0.3, 0.4) is 0 Å². The molecular weight excluding hydrogens is 320 g/mol. The van der Waals surface area contributed by atoms with E-state index in [1.54, 1.807) is 18.2 Å². The number of benzene rings is 1. The minimum atomic E-state index is -0.483. The average molecular weight is 345 g/mol. The maximum Gasteiger partial charge on any atom is 0.292 e. The summed E-state index contributed by atoms with van der Waals surface area (Å²) in [5.74, 6) is 0.156. The van der Waals surface area contributed by atoms with E-state index in [4.69, 9.17) is 5.73 Å². The summed E-state index contributed by atoms with van der Waals surface area (Å²) in [7, 11) is 0. The van der Waals surface area contributed by atoms with Crippen LogP contribution in [0.4, 0.5) is 11.4 Å². The van der Waals surface area contributed by atoms with Crippen molar-refractivity contribution in [1.82, 2.24) is 5.32 Å². The molecular formula is C15H25ClN4O3. The lowest BCUT2D eigenvalue weighted by atomic mass is 9.91. The molecule has 1 rings (SSSR count). The summed E-state index contributed by atoms with van der Waals surface area (Å²) < 4.78 is 0. The lowest BCUT2D eigenvalue weighted by molar-refractivity contribution is -0.383. The number of nitrogens with one attached hydrogen (secondary N) is 2. The summed E-state index contributed by atoms with van der Waals surface area (Å²) >= 11 is 0. The van der Waals surface area contributed by atoms with E-state index in [1.807, 2.05) is 6.92 Å². The van der Waals surface area contributed by atoms with Crippen LogP contribution in [0.2, 0.25) is 0 Å². The van der Waals surface area contributed by atoms with Gasteiger partial charge in [-0.25, -0.2) is 0 Å². The molecule has 0 aliphatic carbocycles. The zero-order valence-electron chi connectivity index (χ0n) is 13.7. The molecule has 0 saturated heterocycles. The van der Waals surface area contributed by atoms with Crippen molar-refractivity contribution in [1.29, 1.82) is 0 Å². The number of amides is 1. The number of carbonyl (C=O) groups is 1. The topological polar surface area (TPSA) is 110 Å². The smallest absolute Gasteiger partial charge is 0.292 e. The Balaban J connectivity index is 0.00000484. The van der Waals surface area contributed by atoms with Crippen molar-refractivity contribution in [2.45, 2.75) is 32.7 Å². The molecule has 0 spiro atoms. The second-order valence-electron chi connectivity index (χ2n) is 6.04. The van der Waals surface area contributed by atoms with Crippen molar-refractivity contribution in [3.63, 3.8) is 0 Å². The number of nitrogens with two attached hydrogens (primary N) is 1. The highest BCUT2D eigenvalue weighted by Crippen LogP contribution is 2.22. The monoisotopic (exact) mass is 344 g/mol. The van der Waals surface area contributed by atoms with Crippen LogP contribution in [0.25, 0.3) is 0 Å². The number of nitro groups is 1. The molecule has 1 atom stereocenters. The molecule has 0 aromatic heterocycles.